The Morgan fingerprint density at radius 2 is 1.88 bits per heavy atom. The number of rotatable bonds is 6. The van der Waals surface area contributed by atoms with Gasteiger partial charge in [-0.05, 0) is 73.4 Å². The van der Waals surface area contributed by atoms with Crippen molar-refractivity contribution in [2.45, 2.75) is 64.7 Å². The van der Waals surface area contributed by atoms with E-state index in [-0.39, 0.29) is 11.7 Å². The molecule has 0 N–H and O–H groups in total. The minimum Gasteiger partial charge on any atom is -0.469 e. The Bertz CT molecular complexity index is 1170. The Labute approximate surface area is 194 Å². The van der Waals surface area contributed by atoms with Crippen LogP contribution in [0.3, 0.4) is 0 Å². The lowest BCUT2D eigenvalue weighted by atomic mass is 9.83. The summed E-state index contributed by atoms with van der Waals surface area (Å²) in [5.74, 6) is -1.11. The number of halogens is 3. The van der Waals surface area contributed by atoms with Crippen LogP contribution in [-0.4, -0.2) is 24.4 Å². The summed E-state index contributed by atoms with van der Waals surface area (Å²) < 4.78 is 47.2. The quantitative estimate of drug-likeness (QED) is 0.355. The monoisotopic (exact) mass is 477 g/mol. The number of methoxy groups -OCH3 is 1. The number of thiophene rings is 1. The van der Waals surface area contributed by atoms with E-state index >= 15 is 0 Å². The zero-order chi connectivity index (χ0) is 23.8. The fourth-order valence-electron chi connectivity index (χ4n) is 4.78. The Balaban J connectivity index is 1.98. The summed E-state index contributed by atoms with van der Waals surface area (Å²) in [6.07, 6.45) is 0.750. The number of carbonyl (C=O) groups excluding carboxylic acids is 1. The predicted molar refractivity (Wildman–Crippen MR) is 123 cm³/mol. The number of carbonyl (C=O) groups is 1. The number of hydrogen-bond donors (Lipinski definition) is 0. The molecule has 4 nitrogen and oxygen atoms in total. The number of esters is 1. The fraction of sp³-hybridized carbons (Fsp3) is 0.440. The molecule has 1 aromatic carbocycles. The van der Waals surface area contributed by atoms with E-state index in [0.717, 1.165) is 64.7 Å². The molecule has 2 heterocycles. The number of ether oxygens (including phenoxy) is 2. The summed E-state index contributed by atoms with van der Waals surface area (Å²) in [5.41, 5.74) is 4.41. The van der Waals surface area contributed by atoms with Crippen LogP contribution in [-0.2, 0) is 22.4 Å². The van der Waals surface area contributed by atoms with Gasteiger partial charge in [-0.15, -0.1) is 24.5 Å². The van der Waals surface area contributed by atoms with E-state index in [1.165, 1.54) is 29.7 Å². The zero-order valence-electron chi connectivity index (χ0n) is 18.8. The maximum Gasteiger partial charge on any atom is 0.573 e. The van der Waals surface area contributed by atoms with Gasteiger partial charge < -0.3 is 9.47 Å². The van der Waals surface area contributed by atoms with Gasteiger partial charge in [0.15, 0.2) is 0 Å². The minimum atomic E-state index is -4.75. The number of aromatic nitrogens is 1. The van der Waals surface area contributed by atoms with Crippen LogP contribution in [0, 0.1) is 6.92 Å². The van der Waals surface area contributed by atoms with E-state index in [1.54, 1.807) is 23.5 Å². The first kappa shape index (κ1) is 23.5. The topological polar surface area (TPSA) is 48.4 Å². The third kappa shape index (κ3) is 4.71. The van der Waals surface area contributed by atoms with Crippen LogP contribution in [0.5, 0.6) is 5.75 Å². The van der Waals surface area contributed by atoms with Gasteiger partial charge in [-0.1, -0.05) is 25.5 Å². The summed E-state index contributed by atoms with van der Waals surface area (Å²) >= 11 is 1.68. The summed E-state index contributed by atoms with van der Waals surface area (Å²) in [7, 11) is 1.38. The second-order valence-electron chi connectivity index (χ2n) is 8.31. The van der Waals surface area contributed by atoms with Crippen molar-refractivity contribution in [1.29, 1.82) is 0 Å². The highest BCUT2D eigenvalue weighted by Gasteiger charge is 2.32. The molecule has 3 aromatic rings. The second-order valence-corrected chi connectivity index (χ2v) is 9.40. The normalized spacial score (nSPS) is 14.7. The maximum absolute atomic E-state index is 12.8. The molecule has 0 amide bonds. The van der Waals surface area contributed by atoms with Crippen molar-refractivity contribution in [1.82, 2.24) is 4.98 Å². The first-order valence-electron chi connectivity index (χ1n) is 11.1. The van der Waals surface area contributed by atoms with Crippen LogP contribution in [0.4, 0.5) is 13.2 Å². The molecule has 0 bridgehead atoms. The number of aryl methyl sites for hydroxylation is 3. The molecule has 33 heavy (non-hydrogen) atoms. The van der Waals surface area contributed by atoms with Crippen molar-refractivity contribution >= 4 is 27.5 Å². The highest BCUT2D eigenvalue weighted by Crippen LogP contribution is 2.46. The Morgan fingerprint density at radius 1 is 1.18 bits per heavy atom. The first-order valence-corrected chi connectivity index (χ1v) is 11.9. The molecule has 4 rings (SSSR count). The molecule has 0 radical (unpaired) electrons. The second kappa shape index (κ2) is 9.33. The van der Waals surface area contributed by atoms with Gasteiger partial charge in [0.2, 0.25) is 0 Å². The Hall–Kier alpha value is -2.61. The predicted octanol–water partition coefficient (Wildman–Crippen LogP) is 7.11. The molecular weight excluding hydrogens is 451 g/mol. The number of nitrogens with zero attached hydrogens (tertiary/aromatic N) is 1. The maximum atomic E-state index is 12.8. The molecule has 0 saturated heterocycles. The average Bonchev–Trinajstić information content (AvgIpc) is 3.13. The summed E-state index contributed by atoms with van der Waals surface area (Å²) in [6.45, 7) is 3.90. The molecule has 1 aliphatic rings. The summed E-state index contributed by atoms with van der Waals surface area (Å²) in [5, 5.41) is 1.02. The third-order valence-electron chi connectivity index (χ3n) is 6.12. The third-order valence-corrected chi connectivity index (χ3v) is 7.30. The van der Waals surface area contributed by atoms with E-state index in [0.29, 0.717) is 6.42 Å². The molecule has 0 saturated carbocycles. The van der Waals surface area contributed by atoms with Crippen molar-refractivity contribution in [2.75, 3.05) is 7.11 Å². The van der Waals surface area contributed by atoms with Gasteiger partial charge in [-0.2, -0.15) is 0 Å². The highest BCUT2D eigenvalue weighted by atomic mass is 32.1. The number of fused-ring (bicyclic) bond motifs is 3. The van der Waals surface area contributed by atoms with Crippen molar-refractivity contribution in [3.8, 4) is 16.9 Å². The van der Waals surface area contributed by atoms with E-state index in [2.05, 4.69) is 4.74 Å². The molecule has 1 atom stereocenters. The highest BCUT2D eigenvalue weighted by molar-refractivity contribution is 7.19. The van der Waals surface area contributed by atoms with E-state index in [9.17, 15) is 18.0 Å². The molecule has 2 aromatic heterocycles. The molecule has 0 aliphatic heterocycles. The van der Waals surface area contributed by atoms with Crippen LogP contribution >= 0.6 is 11.3 Å². The SMILES string of the molecule is CCCC(C(=O)OC)c1c(C)nc2sc3c(c2c1-c1ccc(OC(F)(F)F)cc1)CCCC3. The minimum absolute atomic E-state index is 0.278. The lowest BCUT2D eigenvalue weighted by molar-refractivity contribution is -0.274. The van der Waals surface area contributed by atoms with Gasteiger partial charge in [0.25, 0.3) is 0 Å². The summed E-state index contributed by atoms with van der Waals surface area (Å²) in [4.78, 5) is 19.9. The number of alkyl halides is 3. The molecule has 176 valence electrons. The first-order chi connectivity index (χ1) is 15.7. The van der Waals surface area contributed by atoms with Gasteiger partial charge in [0.05, 0.1) is 13.0 Å². The van der Waals surface area contributed by atoms with Crippen molar-refractivity contribution < 1.29 is 27.4 Å². The van der Waals surface area contributed by atoms with Crippen LogP contribution in [0.25, 0.3) is 21.3 Å². The lowest BCUT2D eigenvalue weighted by Gasteiger charge is -2.22. The number of pyridine rings is 1. The number of hydrogen-bond acceptors (Lipinski definition) is 5. The lowest BCUT2D eigenvalue weighted by Crippen LogP contribution is -2.18. The van der Waals surface area contributed by atoms with Crippen molar-refractivity contribution in [3.63, 3.8) is 0 Å². The van der Waals surface area contributed by atoms with Gasteiger partial charge in [0, 0.05) is 16.0 Å². The van der Waals surface area contributed by atoms with E-state index in [1.807, 2.05) is 13.8 Å². The van der Waals surface area contributed by atoms with Crippen LogP contribution in [0.2, 0.25) is 0 Å². The smallest absolute Gasteiger partial charge is 0.469 e. The van der Waals surface area contributed by atoms with Gasteiger partial charge in [0.1, 0.15) is 10.6 Å². The van der Waals surface area contributed by atoms with Crippen LogP contribution in [0.1, 0.15) is 60.2 Å². The van der Waals surface area contributed by atoms with Gasteiger partial charge in [-0.3, -0.25) is 4.79 Å². The van der Waals surface area contributed by atoms with Crippen LogP contribution in [0.15, 0.2) is 24.3 Å². The Kier molecular flexibility index (Phi) is 6.66. The molecule has 1 unspecified atom stereocenters. The average molecular weight is 478 g/mol. The summed E-state index contributed by atoms with van der Waals surface area (Å²) in [6, 6.07) is 5.90. The standard InChI is InChI=1S/C25H26F3NO3S/c1-4-7-18(24(30)31-3)20-14(2)29-23-22(17-8-5-6-9-19(17)33-23)21(20)15-10-12-16(13-11-15)32-25(26,27)28/h10-13,18H,4-9H2,1-3H3. The van der Waals surface area contributed by atoms with Crippen LogP contribution < -0.4 is 4.74 Å². The van der Waals surface area contributed by atoms with E-state index in [4.69, 9.17) is 9.72 Å². The largest absolute Gasteiger partial charge is 0.573 e. The molecule has 0 fully saturated rings. The van der Waals surface area contributed by atoms with Crippen molar-refractivity contribution in [3.05, 3.63) is 46.0 Å². The van der Waals surface area contributed by atoms with Crippen molar-refractivity contribution in [2.24, 2.45) is 0 Å². The fourth-order valence-corrected chi connectivity index (χ4v) is 6.09. The Morgan fingerprint density at radius 3 is 2.52 bits per heavy atom. The zero-order valence-corrected chi connectivity index (χ0v) is 19.7. The van der Waals surface area contributed by atoms with Gasteiger partial charge >= 0.3 is 12.3 Å². The molecular formula is C25H26F3NO3S. The molecule has 0 spiro atoms. The van der Waals surface area contributed by atoms with Gasteiger partial charge in [-0.25, -0.2) is 4.98 Å². The number of benzene rings is 1. The van der Waals surface area contributed by atoms with E-state index < -0.39 is 12.3 Å². The molecule has 1 aliphatic carbocycles. The molecule has 8 heteroatoms.